The highest BCUT2D eigenvalue weighted by atomic mass is 19.4. The molecular weight excluding hydrogens is 409 g/mol. The third-order valence-electron chi connectivity index (χ3n) is 5.46. The molecule has 6 nitrogen and oxygen atoms in total. The molecule has 1 fully saturated rings. The number of carbonyl (C=O) groups excluding carboxylic acids is 1. The average Bonchev–Trinajstić information content (AvgIpc) is 3.28. The monoisotopic (exact) mass is 430 g/mol. The van der Waals surface area contributed by atoms with E-state index < -0.39 is 17.8 Å². The van der Waals surface area contributed by atoms with E-state index in [1.54, 1.807) is 24.3 Å². The van der Waals surface area contributed by atoms with Gasteiger partial charge in [-0.2, -0.15) is 18.3 Å². The molecule has 2 amide bonds. The molecule has 2 aromatic carbocycles. The van der Waals surface area contributed by atoms with Crippen LogP contribution in [0.3, 0.4) is 0 Å². The lowest BCUT2D eigenvalue weighted by molar-refractivity contribution is -0.137. The normalized spacial score (nSPS) is 14.7. The second kappa shape index (κ2) is 8.41. The van der Waals surface area contributed by atoms with Gasteiger partial charge in [-0.05, 0) is 43.2 Å². The van der Waals surface area contributed by atoms with E-state index in [1.807, 2.05) is 0 Å². The van der Waals surface area contributed by atoms with Crippen LogP contribution < -0.4 is 16.2 Å². The summed E-state index contributed by atoms with van der Waals surface area (Å²) in [6.45, 7) is 0.0694. The fourth-order valence-corrected chi connectivity index (χ4v) is 3.88. The summed E-state index contributed by atoms with van der Waals surface area (Å²) in [6.07, 6.45) is -0.543. The van der Waals surface area contributed by atoms with Crippen LogP contribution in [-0.2, 0) is 12.7 Å². The third kappa shape index (κ3) is 4.55. The van der Waals surface area contributed by atoms with Crippen molar-refractivity contribution in [1.82, 2.24) is 15.1 Å². The number of amides is 2. The lowest BCUT2D eigenvalue weighted by atomic mass is 10.1. The molecule has 0 unspecified atom stereocenters. The number of hydrogen-bond acceptors (Lipinski definition) is 3. The molecule has 0 saturated heterocycles. The van der Waals surface area contributed by atoms with Crippen molar-refractivity contribution in [2.75, 3.05) is 5.32 Å². The van der Waals surface area contributed by atoms with Crippen LogP contribution in [0.15, 0.2) is 53.3 Å². The molecule has 0 spiro atoms. The van der Waals surface area contributed by atoms with Gasteiger partial charge in [0.25, 0.3) is 5.56 Å². The first-order chi connectivity index (χ1) is 14.8. The summed E-state index contributed by atoms with van der Waals surface area (Å²) in [4.78, 5) is 25.1. The molecule has 1 saturated carbocycles. The summed E-state index contributed by atoms with van der Waals surface area (Å²) in [5, 5.41) is 10.9. The van der Waals surface area contributed by atoms with Crippen LogP contribution in [-0.4, -0.2) is 15.8 Å². The van der Waals surface area contributed by atoms with Gasteiger partial charge in [-0.1, -0.05) is 31.0 Å². The van der Waals surface area contributed by atoms with Crippen molar-refractivity contribution >= 4 is 22.5 Å². The summed E-state index contributed by atoms with van der Waals surface area (Å²) in [5.41, 5.74) is -0.132. The maximum absolute atomic E-state index is 12.9. The first-order valence-electron chi connectivity index (χ1n) is 10.1. The number of alkyl halides is 3. The Morgan fingerprint density at radius 1 is 1.03 bits per heavy atom. The predicted octanol–water partition coefficient (Wildman–Crippen LogP) is 4.85. The number of urea groups is 1. The first kappa shape index (κ1) is 20.9. The minimum absolute atomic E-state index is 0.0526. The van der Waals surface area contributed by atoms with Crippen molar-refractivity contribution in [1.29, 1.82) is 0 Å². The van der Waals surface area contributed by atoms with Crippen molar-refractivity contribution in [3.8, 4) is 0 Å². The topological polar surface area (TPSA) is 76.0 Å². The van der Waals surface area contributed by atoms with Gasteiger partial charge in [0.05, 0.1) is 29.2 Å². The molecule has 9 heteroatoms. The maximum atomic E-state index is 12.9. The molecule has 162 valence electrons. The fraction of sp³-hybridized carbons (Fsp3) is 0.318. The molecule has 1 aliphatic rings. The molecule has 3 aromatic rings. The van der Waals surface area contributed by atoms with Crippen molar-refractivity contribution < 1.29 is 18.0 Å². The fourth-order valence-electron chi connectivity index (χ4n) is 3.88. The molecule has 31 heavy (non-hydrogen) atoms. The lowest BCUT2D eigenvalue weighted by Crippen LogP contribution is -2.32. The Morgan fingerprint density at radius 3 is 2.32 bits per heavy atom. The Labute approximate surface area is 176 Å². The van der Waals surface area contributed by atoms with Gasteiger partial charge in [0, 0.05) is 11.1 Å². The minimum atomic E-state index is -4.43. The number of fused-ring (bicyclic) bond motifs is 1. The van der Waals surface area contributed by atoms with Crippen LogP contribution in [0.25, 0.3) is 10.8 Å². The molecule has 1 aromatic heterocycles. The second-order valence-electron chi connectivity index (χ2n) is 7.56. The Hall–Kier alpha value is -3.36. The van der Waals surface area contributed by atoms with Gasteiger partial charge in [0.1, 0.15) is 0 Å². The molecule has 1 heterocycles. The van der Waals surface area contributed by atoms with E-state index in [4.69, 9.17) is 0 Å². The van der Waals surface area contributed by atoms with Crippen molar-refractivity contribution in [2.24, 2.45) is 0 Å². The predicted molar refractivity (Wildman–Crippen MR) is 111 cm³/mol. The molecule has 0 aliphatic heterocycles. The summed E-state index contributed by atoms with van der Waals surface area (Å²) in [5.74, 6) is 0. The molecule has 0 radical (unpaired) electrons. The number of halogens is 3. The van der Waals surface area contributed by atoms with Gasteiger partial charge < -0.3 is 10.6 Å². The van der Waals surface area contributed by atoms with Gasteiger partial charge in [0.2, 0.25) is 0 Å². The largest absolute Gasteiger partial charge is 0.416 e. The van der Waals surface area contributed by atoms with Gasteiger partial charge >= 0.3 is 12.2 Å². The number of nitrogens with zero attached hydrogens (tertiary/aromatic N) is 2. The van der Waals surface area contributed by atoms with Crippen LogP contribution in [0.1, 0.15) is 43.0 Å². The van der Waals surface area contributed by atoms with Crippen LogP contribution in [0.5, 0.6) is 0 Å². The van der Waals surface area contributed by atoms with Crippen LogP contribution in [0.4, 0.5) is 23.7 Å². The van der Waals surface area contributed by atoms with Crippen molar-refractivity contribution in [2.45, 2.75) is 44.4 Å². The van der Waals surface area contributed by atoms with Gasteiger partial charge in [-0.15, -0.1) is 0 Å². The first-order valence-corrected chi connectivity index (χ1v) is 10.1. The zero-order valence-corrected chi connectivity index (χ0v) is 16.6. The van der Waals surface area contributed by atoms with Crippen molar-refractivity contribution in [3.05, 3.63) is 70.1 Å². The molecule has 4 rings (SSSR count). The summed E-state index contributed by atoms with van der Waals surface area (Å²) < 4.78 is 39.5. The van der Waals surface area contributed by atoms with E-state index in [2.05, 4.69) is 15.7 Å². The smallest absolute Gasteiger partial charge is 0.332 e. The quantitative estimate of drug-likeness (QED) is 0.621. The van der Waals surface area contributed by atoms with E-state index in [0.717, 1.165) is 37.8 Å². The summed E-state index contributed by atoms with van der Waals surface area (Å²) in [6, 6.07) is 10.8. The van der Waals surface area contributed by atoms with Crippen LogP contribution in [0, 0.1) is 0 Å². The molecule has 0 bridgehead atoms. The number of aromatic nitrogens is 2. The number of carbonyl (C=O) groups is 1. The number of anilines is 1. The standard InChI is InChI=1S/C22H21F3N4O2/c23-22(24,25)14-9-11-15(12-10-14)27-21(31)26-13-19-17-7-3-4-8-18(17)20(30)29(28-19)16-5-1-2-6-16/h3-4,7-12,16H,1-2,5-6,13H2,(H2,26,27,31). The zero-order valence-electron chi connectivity index (χ0n) is 16.6. The number of hydrogen-bond donors (Lipinski definition) is 2. The minimum Gasteiger partial charge on any atom is -0.332 e. The maximum Gasteiger partial charge on any atom is 0.416 e. The summed E-state index contributed by atoms with van der Waals surface area (Å²) >= 11 is 0. The number of rotatable bonds is 4. The lowest BCUT2D eigenvalue weighted by Gasteiger charge is -2.16. The average molecular weight is 430 g/mol. The van der Waals surface area contributed by atoms with E-state index in [0.29, 0.717) is 16.5 Å². The highest BCUT2D eigenvalue weighted by Gasteiger charge is 2.30. The van der Waals surface area contributed by atoms with E-state index >= 15 is 0 Å². The number of nitrogens with one attached hydrogen (secondary N) is 2. The third-order valence-corrected chi connectivity index (χ3v) is 5.46. The van der Waals surface area contributed by atoms with Crippen molar-refractivity contribution in [3.63, 3.8) is 0 Å². The highest BCUT2D eigenvalue weighted by molar-refractivity contribution is 5.90. The van der Waals surface area contributed by atoms with Gasteiger partial charge in [0.15, 0.2) is 0 Å². The molecular formula is C22H21F3N4O2. The second-order valence-corrected chi connectivity index (χ2v) is 7.56. The summed E-state index contributed by atoms with van der Waals surface area (Å²) in [7, 11) is 0. The molecule has 1 aliphatic carbocycles. The van der Waals surface area contributed by atoms with Crippen LogP contribution in [0.2, 0.25) is 0 Å². The Balaban J connectivity index is 1.51. The van der Waals surface area contributed by atoms with E-state index in [1.165, 1.54) is 16.8 Å². The molecule has 2 N–H and O–H groups in total. The van der Waals surface area contributed by atoms with E-state index in [9.17, 15) is 22.8 Å². The highest BCUT2D eigenvalue weighted by Crippen LogP contribution is 2.30. The molecule has 0 atom stereocenters. The Kier molecular flexibility index (Phi) is 5.67. The zero-order chi connectivity index (χ0) is 22.0. The van der Waals surface area contributed by atoms with Crippen LogP contribution >= 0.6 is 0 Å². The SMILES string of the molecule is O=C(NCc1nn(C2CCCC2)c(=O)c2ccccc12)Nc1ccc(C(F)(F)F)cc1. The number of benzene rings is 2. The van der Waals surface area contributed by atoms with E-state index in [-0.39, 0.29) is 23.8 Å². The Bertz CT molecular complexity index is 1150. The Morgan fingerprint density at radius 2 is 1.68 bits per heavy atom. The van der Waals surface area contributed by atoms with Gasteiger partial charge in [-0.25, -0.2) is 9.48 Å². The van der Waals surface area contributed by atoms with Gasteiger partial charge in [-0.3, -0.25) is 4.79 Å².